The van der Waals surface area contributed by atoms with E-state index in [2.05, 4.69) is 0 Å². The van der Waals surface area contributed by atoms with Gasteiger partial charge in [-0.05, 0) is 18.1 Å². The largest absolute Gasteiger partial charge is 0.255 e. The van der Waals surface area contributed by atoms with Crippen LogP contribution in [-0.4, -0.2) is 5.92 Å². The summed E-state index contributed by atoms with van der Waals surface area (Å²) in [7, 11) is 0. The monoisotopic (exact) mass is 198 g/mol. The first-order valence-electron chi connectivity index (χ1n) is 5.04. The van der Waals surface area contributed by atoms with Crippen LogP contribution < -0.4 is 0 Å². The molecule has 2 heteroatoms. The Morgan fingerprint density at radius 2 is 1.71 bits per heavy atom. The molecule has 78 valence electrons. The van der Waals surface area contributed by atoms with Crippen molar-refractivity contribution >= 4 is 0 Å². The molecule has 1 saturated carbocycles. The van der Waals surface area contributed by atoms with Crippen molar-refractivity contribution in [3.63, 3.8) is 0 Å². The Hall–Kier alpha value is -0.920. The van der Waals surface area contributed by atoms with E-state index in [1.807, 2.05) is 39.0 Å². The van der Waals surface area contributed by atoms with Crippen molar-refractivity contribution in [1.82, 2.24) is 0 Å². The molecule has 1 aromatic carbocycles. The van der Waals surface area contributed by atoms with Gasteiger partial charge in [0.2, 0.25) is 0 Å². The van der Waals surface area contributed by atoms with Crippen LogP contribution in [0, 0.1) is 6.92 Å². The Kier molecular flexibility index (Phi) is 3.25. The zero-order chi connectivity index (χ0) is 10.8. The number of halogens is 2. The number of hydrogen-bond acceptors (Lipinski definition) is 0. The van der Waals surface area contributed by atoms with E-state index in [-0.39, 0.29) is 6.42 Å². The predicted molar refractivity (Wildman–Crippen MR) is 54.8 cm³/mol. The molecule has 1 aliphatic carbocycles. The van der Waals surface area contributed by atoms with Gasteiger partial charge in [-0.1, -0.05) is 38.1 Å². The van der Waals surface area contributed by atoms with Gasteiger partial charge in [-0.15, -0.1) is 0 Å². The van der Waals surface area contributed by atoms with Crippen molar-refractivity contribution in [3.05, 3.63) is 35.4 Å². The quantitative estimate of drug-likeness (QED) is 0.636. The van der Waals surface area contributed by atoms with Crippen LogP contribution in [0.4, 0.5) is 8.78 Å². The van der Waals surface area contributed by atoms with E-state index in [4.69, 9.17) is 0 Å². The molecule has 2 rings (SSSR count). The van der Waals surface area contributed by atoms with Crippen molar-refractivity contribution in [2.75, 3.05) is 0 Å². The smallest absolute Gasteiger partial charge is 0.206 e. The van der Waals surface area contributed by atoms with Crippen molar-refractivity contribution in [2.45, 2.75) is 39.0 Å². The van der Waals surface area contributed by atoms with Crippen molar-refractivity contribution < 1.29 is 8.78 Å². The van der Waals surface area contributed by atoms with Crippen LogP contribution in [0.3, 0.4) is 0 Å². The maximum atomic E-state index is 12.7. The van der Waals surface area contributed by atoms with Gasteiger partial charge in [0.05, 0.1) is 5.92 Å². The van der Waals surface area contributed by atoms with Gasteiger partial charge < -0.3 is 0 Å². The molecule has 0 nitrogen and oxygen atoms in total. The zero-order valence-electron chi connectivity index (χ0n) is 8.85. The number of benzene rings is 1. The SMILES string of the molecule is CC.Cc1ccccc1C1CC1(F)F. The van der Waals surface area contributed by atoms with E-state index in [0.29, 0.717) is 0 Å². The lowest BCUT2D eigenvalue weighted by Crippen LogP contribution is -1.94. The fourth-order valence-electron chi connectivity index (χ4n) is 1.53. The Morgan fingerprint density at radius 1 is 1.21 bits per heavy atom. The molecule has 0 aromatic heterocycles. The maximum absolute atomic E-state index is 12.7. The summed E-state index contributed by atoms with van der Waals surface area (Å²) in [5.41, 5.74) is 1.78. The van der Waals surface area contributed by atoms with Crippen LogP contribution in [-0.2, 0) is 0 Å². The third-order valence-electron chi connectivity index (χ3n) is 2.39. The van der Waals surface area contributed by atoms with E-state index in [0.717, 1.165) is 11.1 Å². The van der Waals surface area contributed by atoms with Gasteiger partial charge in [0.1, 0.15) is 0 Å². The molecule has 0 spiro atoms. The summed E-state index contributed by atoms with van der Waals surface area (Å²) in [5, 5.41) is 0. The lowest BCUT2D eigenvalue weighted by Gasteiger charge is -2.02. The molecule has 1 aromatic rings. The first kappa shape index (κ1) is 11.2. The predicted octanol–water partition coefficient (Wildman–Crippen LogP) is 4.14. The number of hydrogen-bond donors (Lipinski definition) is 0. The molecule has 1 fully saturated rings. The van der Waals surface area contributed by atoms with E-state index in [9.17, 15) is 8.78 Å². The highest BCUT2D eigenvalue weighted by Crippen LogP contribution is 2.56. The van der Waals surface area contributed by atoms with Crippen LogP contribution in [0.25, 0.3) is 0 Å². The first-order valence-corrected chi connectivity index (χ1v) is 5.04. The zero-order valence-corrected chi connectivity index (χ0v) is 8.85. The summed E-state index contributed by atoms with van der Waals surface area (Å²) < 4.78 is 25.3. The summed E-state index contributed by atoms with van der Waals surface area (Å²) in [6.07, 6.45) is 0.0256. The highest BCUT2D eigenvalue weighted by Gasteiger charge is 2.57. The highest BCUT2D eigenvalue weighted by molar-refractivity contribution is 5.35. The summed E-state index contributed by atoms with van der Waals surface area (Å²) in [6.45, 7) is 5.88. The molecular formula is C12H16F2. The van der Waals surface area contributed by atoms with E-state index < -0.39 is 11.8 Å². The van der Waals surface area contributed by atoms with Crippen LogP contribution in [0.1, 0.15) is 37.3 Å². The molecule has 0 saturated heterocycles. The molecule has 0 heterocycles. The average molecular weight is 198 g/mol. The minimum absolute atomic E-state index is 0.0256. The Morgan fingerprint density at radius 3 is 2.14 bits per heavy atom. The van der Waals surface area contributed by atoms with Crippen molar-refractivity contribution in [2.24, 2.45) is 0 Å². The first-order chi connectivity index (χ1) is 6.61. The molecule has 0 aliphatic heterocycles. The van der Waals surface area contributed by atoms with Gasteiger partial charge >= 0.3 is 0 Å². The van der Waals surface area contributed by atoms with Crippen molar-refractivity contribution in [3.8, 4) is 0 Å². The number of alkyl halides is 2. The minimum Gasteiger partial charge on any atom is -0.206 e. The Bertz CT molecular complexity index is 305. The summed E-state index contributed by atoms with van der Waals surface area (Å²) in [6, 6.07) is 7.36. The second-order valence-electron chi connectivity index (χ2n) is 3.37. The van der Waals surface area contributed by atoms with Gasteiger partial charge in [0.25, 0.3) is 5.92 Å². The lowest BCUT2D eigenvalue weighted by molar-refractivity contribution is 0.112. The Balaban J connectivity index is 0.000000461. The average Bonchev–Trinajstić information content (AvgIpc) is 2.79. The van der Waals surface area contributed by atoms with Gasteiger partial charge in [-0.3, -0.25) is 0 Å². The summed E-state index contributed by atoms with van der Waals surface area (Å²) >= 11 is 0. The van der Waals surface area contributed by atoms with E-state index >= 15 is 0 Å². The van der Waals surface area contributed by atoms with Crippen LogP contribution in [0.15, 0.2) is 24.3 Å². The third-order valence-corrected chi connectivity index (χ3v) is 2.39. The number of aryl methyl sites for hydroxylation is 1. The second-order valence-corrected chi connectivity index (χ2v) is 3.37. The summed E-state index contributed by atoms with van der Waals surface area (Å²) in [5.74, 6) is -2.95. The standard InChI is InChI=1S/C10H10F2.C2H6/c1-7-4-2-3-5-8(7)9-6-10(9,11)12;1-2/h2-5,9H,6H2,1H3;1-2H3. The minimum atomic E-state index is -2.44. The molecule has 1 aliphatic rings. The fraction of sp³-hybridized carbons (Fsp3) is 0.500. The van der Waals surface area contributed by atoms with E-state index in [1.54, 1.807) is 6.07 Å². The molecule has 1 atom stereocenters. The molecule has 14 heavy (non-hydrogen) atoms. The van der Waals surface area contributed by atoms with Crippen LogP contribution >= 0.6 is 0 Å². The fourth-order valence-corrected chi connectivity index (χ4v) is 1.53. The normalized spacial score (nSPS) is 22.2. The topological polar surface area (TPSA) is 0 Å². The molecule has 0 radical (unpaired) electrons. The number of rotatable bonds is 1. The molecule has 1 unspecified atom stereocenters. The van der Waals surface area contributed by atoms with Gasteiger partial charge in [0, 0.05) is 6.42 Å². The van der Waals surface area contributed by atoms with Crippen LogP contribution in [0.5, 0.6) is 0 Å². The van der Waals surface area contributed by atoms with Gasteiger partial charge in [-0.25, -0.2) is 8.78 Å². The third kappa shape index (κ3) is 2.11. The molecule has 0 bridgehead atoms. The maximum Gasteiger partial charge on any atom is 0.255 e. The summed E-state index contributed by atoms with van der Waals surface area (Å²) in [4.78, 5) is 0. The van der Waals surface area contributed by atoms with Crippen LogP contribution in [0.2, 0.25) is 0 Å². The van der Waals surface area contributed by atoms with Crippen molar-refractivity contribution in [1.29, 1.82) is 0 Å². The lowest BCUT2D eigenvalue weighted by atomic mass is 10.0. The Labute approximate surface area is 84.0 Å². The van der Waals surface area contributed by atoms with Gasteiger partial charge in [-0.2, -0.15) is 0 Å². The second kappa shape index (κ2) is 4.07. The molecule has 0 N–H and O–H groups in total. The van der Waals surface area contributed by atoms with Gasteiger partial charge in [0.15, 0.2) is 0 Å². The molecular weight excluding hydrogens is 182 g/mol. The highest BCUT2D eigenvalue weighted by atomic mass is 19.3. The van der Waals surface area contributed by atoms with E-state index in [1.165, 1.54) is 0 Å². The molecule has 0 amide bonds.